The van der Waals surface area contributed by atoms with E-state index >= 15 is 0 Å². The first-order valence-corrected chi connectivity index (χ1v) is 23.8. The van der Waals surface area contributed by atoms with Crippen LogP contribution in [0.15, 0.2) is 9.86 Å². The normalized spacial score (nSPS) is 12.4. The fourth-order valence-electron chi connectivity index (χ4n) is 0.260. The van der Waals surface area contributed by atoms with Gasteiger partial charge in [-0.05, 0) is 0 Å². The van der Waals surface area contributed by atoms with Crippen LogP contribution in [0.4, 0.5) is 0 Å². The summed E-state index contributed by atoms with van der Waals surface area (Å²) in [6, 6.07) is 0. The van der Waals surface area contributed by atoms with Crippen LogP contribution < -0.4 is 37.2 Å². The standard InChI is InChI=1S/C3H2.2Bi.3ClH.Zr.H/c1-3-2;;;;;;;/h1,3H;;;3*1H;;/q;;;;;;+3;/p-3. The second-order valence-corrected chi connectivity index (χ2v) is 28.0. The molecule has 0 aromatic carbocycles. The Balaban J connectivity index is -0.000000120. The van der Waals surface area contributed by atoms with Crippen molar-refractivity contribution in [3.05, 3.63) is 9.86 Å². The minimum atomic E-state index is 0. The summed E-state index contributed by atoms with van der Waals surface area (Å²) >= 11 is 2.01. The van der Waals surface area contributed by atoms with Gasteiger partial charge in [-0.25, -0.2) is 0 Å². The summed E-state index contributed by atoms with van der Waals surface area (Å²) in [4.78, 5) is 0. The van der Waals surface area contributed by atoms with Gasteiger partial charge in [0.2, 0.25) is 0 Å². The Morgan fingerprint density at radius 1 is 1.33 bits per heavy atom. The fraction of sp³-hybridized carbons (Fsp3) is 0. The molecule has 0 spiro atoms. The van der Waals surface area contributed by atoms with Crippen LogP contribution in [0.1, 0.15) is 0 Å². The van der Waals surface area contributed by atoms with E-state index < -0.39 is 0 Å². The van der Waals surface area contributed by atoms with E-state index in [1.807, 2.05) is 0.914 Å². The Hall–Kier alpha value is 3.13. The summed E-state index contributed by atoms with van der Waals surface area (Å²) in [7, 11) is 0. The van der Waals surface area contributed by atoms with Crippen molar-refractivity contribution in [3.63, 3.8) is 0 Å². The van der Waals surface area contributed by atoms with E-state index in [4.69, 9.17) is 0 Å². The van der Waals surface area contributed by atoms with Crippen LogP contribution in [0, 0.1) is 0 Å². The molecule has 0 unspecified atom stereocenters. The summed E-state index contributed by atoms with van der Waals surface area (Å²) in [6.07, 6.45) is 2.40. The molecule has 0 saturated heterocycles. The van der Waals surface area contributed by atoms with Crippen LogP contribution in [-0.2, 0) is 24.7 Å². The first-order valence-electron chi connectivity index (χ1n) is 1.61. The molecule has 0 aromatic rings. The molecular formula is C3H3Bi2Cl3Zr. The van der Waals surface area contributed by atoms with Crippen LogP contribution in [0.2, 0.25) is 0 Å². The van der Waals surface area contributed by atoms with Gasteiger partial charge in [-0.1, -0.05) is 0 Å². The number of rotatable bonds is 0. The van der Waals surface area contributed by atoms with Gasteiger partial charge in [-0.3, -0.25) is 0 Å². The van der Waals surface area contributed by atoms with Gasteiger partial charge < -0.3 is 37.2 Å². The summed E-state index contributed by atoms with van der Waals surface area (Å²) in [6.45, 7) is 0. The second kappa shape index (κ2) is 11.1. The van der Waals surface area contributed by atoms with Crippen molar-refractivity contribution in [2.45, 2.75) is 0 Å². The van der Waals surface area contributed by atoms with Crippen molar-refractivity contribution in [3.8, 4) is 0 Å². The number of halogens is 3. The van der Waals surface area contributed by atoms with Crippen molar-refractivity contribution in [1.82, 2.24) is 0 Å². The molecule has 1 aliphatic heterocycles. The molecule has 0 bridgehead atoms. The summed E-state index contributed by atoms with van der Waals surface area (Å²) in [5, 5.41) is 0. The van der Waals surface area contributed by atoms with E-state index in [1.54, 1.807) is 24.7 Å². The Bertz CT molecular complexity index is 111. The third-order valence-corrected chi connectivity index (χ3v) is 43.0. The molecule has 0 saturated carbocycles. The van der Waals surface area contributed by atoms with E-state index in [0.29, 0.717) is 0 Å². The molecule has 0 amide bonds. The molecule has 0 fully saturated rings. The molecule has 6 heteroatoms. The monoisotopic (exact) mass is 652 g/mol. The first kappa shape index (κ1) is 18.0. The molecule has 1 aliphatic rings. The van der Waals surface area contributed by atoms with E-state index in [1.165, 1.54) is 0 Å². The Labute approximate surface area is 107 Å². The number of hydrogen-bond donors (Lipinski definition) is 0. The maximum atomic E-state index is 2.51. The van der Waals surface area contributed by atoms with E-state index in [0.717, 1.165) is 0 Å². The van der Waals surface area contributed by atoms with Crippen molar-refractivity contribution < 1.29 is 61.9 Å². The molecule has 0 atom stereocenters. The van der Waals surface area contributed by atoms with Crippen LogP contribution in [0.5, 0.6) is 0 Å². The van der Waals surface area contributed by atoms with Gasteiger partial charge in [-0.15, -0.1) is 0 Å². The molecule has 0 aromatic heterocycles. The SMILES string of the molecule is [Cl-].[Cl-].[Cl-].[Zr+3][C]1=[Bi][BiH][CH]=C1. The quantitative estimate of drug-likeness (QED) is 0.228. The first-order chi connectivity index (χ1) is 2.89. The zero-order valence-electron chi connectivity index (χ0n) is 4.24. The van der Waals surface area contributed by atoms with E-state index in [2.05, 4.69) is 9.86 Å². The van der Waals surface area contributed by atoms with Crippen molar-refractivity contribution >= 4 is 37.3 Å². The molecular weight excluding hydrogens is 652 g/mol. The summed E-state index contributed by atoms with van der Waals surface area (Å²) in [5.74, 6) is 0. The van der Waals surface area contributed by atoms with Crippen LogP contribution >= 0.6 is 0 Å². The van der Waals surface area contributed by atoms with Gasteiger partial charge in [0.25, 0.3) is 0 Å². The summed E-state index contributed by atoms with van der Waals surface area (Å²) in [5.41, 5.74) is 0. The predicted molar refractivity (Wildman–Crippen MR) is 27.0 cm³/mol. The Morgan fingerprint density at radius 2 is 1.89 bits per heavy atom. The Morgan fingerprint density at radius 3 is 2.00 bits per heavy atom. The van der Waals surface area contributed by atoms with Crippen LogP contribution in [-0.4, -0.2) is 37.3 Å². The van der Waals surface area contributed by atoms with Crippen LogP contribution in [0.25, 0.3) is 0 Å². The molecule has 9 heavy (non-hydrogen) atoms. The topological polar surface area (TPSA) is 0 Å². The van der Waals surface area contributed by atoms with E-state index in [9.17, 15) is 0 Å². The van der Waals surface area contributed by atoms with Crippen molar-refractivity contribution in [2.24, 2.45) is 0 Å². The van der Waals surface area contributed by atoms with Crippen molar-refractivity contribution in [1.29, 1.82) is 0 Å². The average molecular weight is 655 g/mol. The number of allylic oxidation sites excluding steroid dienone is 1. The molecule has 1 rings (SSSR count). The zero-order chi connectivity index (χ0) is 4.41. The van der Waals surface area contributed by atoms with Gasteiger partial charge >= 0.3 is 71.9 Å². The average Bonchev–Trinajstić information content (AvgIpc) is 1.86. The van der Waals surface area contributed by atoms with Gasteiger partial charge in [0.15, 0.2) is 0 Å². The Kier molecular flexibility index (Phi) is 22.3. The predicted octanol–water partition coefficient (Wildman–Crippen LogP) is -9.74. The van der Waals surface area contributed by atoms with Crippen LogP contribution in [0.3, 0.4) is 0 Å². The molecule has 0 N–H and O–H groups in total. The fourth-order valence-corrected chi connectivity index (χ4v) is 31.2. The molecule has 0 aliphatic carbocycles. The zero-order valence-corrected chi connectivity index (χ0v) is 16.3. The third kappa shape index (κ3) is 9.04. The molecule has 0 nitrogen and oxygen atoms in total. The third-order valence-electron chi connectivity index (χ3n) is 0.501. The van der Waals surface area contributed by atoms with Gasteiger partial charge in [0, 0.05) is 0 Å². The maximum absolute atomic E-state index is 2.51. The minimum absolute atomic E-state index is 0. The van der Waals surface area contributed by atoms with Crippen molar-refractivity contribution in [2.75, 3.05) is 0 Å². The second-order valence-electron chi connectivity index (χ2n) is 0.959. The van der Waals surface area contributed by atoms with Gasteiger partial charge in [0.1, 0.15) is 0 Å². The molecule has 1 heterocycles. The number of hydrogen-bond acceptors (Lipinski definition) is 0. The molecule has 0 radical (unpaired) electrons. The van der Waals surface area contributed by atoms with Gasteiger partial charge in [-0.2, -0.15) is 0 Å². The van der Waals surface area contributed by atoms with Gasteiger partial charge in [0.05, 0.1) is 0 Å². The van der Waals surface area contributed by atoms with E-state index in [-0.39, 0.29) is 73.6 Å². The molecule has 50 valence electrons. The summed E-state index contributed by atoms with van der Waals surface area (Å²) < 4.78 is 4.39.